The van der Waals surface area contributed by atoms with E-state index in [1.807, 2.05) is 6.07 Å². The van der Waals surface area contributed by atoms with Gasteiger partial charge in [-0.05, 0) is 60.2 Å². The maximum Gasteiger partial charge on any atom is 0.416 e. The molecule has 0 aromatic heterocycles. The summed E-state index contributed by atoms with van der Waals surface area (Å²) < 4.78 is 72.2. The Morgan fingerprint density at radius 2 is 1.78 bits per heavy atom. The molecule has 0 spiro atoms. The van der Waals surface area contributed by atoms with Crippen molar-refractivity contribution in [1.82, 2.24) is 5.43 Å². The van der Waals surface area contributed by atoms with Crippen LogP contribution in [0.5, 0.6) is 5.75 Å². The number of carbonyl (C=O) groups excluding carboxylic acids is 1. The van der Waals surface area contributed by atoms with Crippen LogP contribution in [0.1, 0.15) is 11.1 Å². The first-order chi connectivity index (χ1) is 17.5. The first-order valence-corrected chi connectivity index (χ1v) is 12.2. The maximum absolute atomic E-state index is 13.3. The van der Waals surface area contributed by atoms with E-state index in [0.29, 0.717) is 27.8 Å². The molecule has 13 heteroatoms. The Morgan fingerprint density at radius 3 is 2.41 bits per heavy atom. The van der Waals surface area contributed by atoms with Crippen molar-refractivity contribution in [2.24, 2.45) is 5.10 Å². The van der Waals surface area contributed by atoms with Gasteiger partial charge in [0.2, 0.25) is 0 Å². The molecular weight excluding hydrogens is 533 g/mol. The topological polar surface area (TPSA) is 112 Å². The number of rotatable bonds is 9. The number of benzene rings is 3. The number of carbonyl (C=O) groups is 1. The van der Waals surface area contributed by atoms with Gasteiger partial charge in [0, 0.05) is 0 Å². The molecule has 1 amide bonds. The highest BCUT2D eigenvalue weighted by atomic mass is 35.5. The normalized spacial score (nSPS) is 11.6. The molecule has 0 unspecified atom stereocenters. The molecule has 8 nitrogen and oxygen atoms in total. The van der Waals surface area contributed by atoms with Crippen LogP contribution in [0.3, 0.4) is 0 Å². The Bertz CT molecular complexity index is 1430. The Morgan fingerprint density at radius 1 is 1.11 bits per heavy atom. The number of anilines is 1. The lowest BCUT2D eigenvalue weighted by atomic mass is 10.2. The highest BCUT2D eigenvalue weighted by molar-refractivity contribution is 7.92. The molecule has 0 aliphatic rings. The van der Waals surface area contributed by atoms with E-state index in [1.165, 1.54) is 30.5 Å². The first kappa shape index (κ1) is 27.5. The van der Waals surface area contributed by atoms with Crippen LogP contribution in [0.25, 0.3) is 0 Å². The van der Waals surface area contributed by atoms with Crippen molar-refractivity contribution in [3.8, 4) is 11.8 Å². The molecule has 0 bridgehead atoms. The number of nitrogens with zero attached hydrogens (tertiary/aromatic N) is 3. The number of hydrogen-bond donors (Lipinski definition) is 1. The van der Waals surface area contributed by atoms with Gasteiger partial charge in [-0.1, -0.05) is 29.8 Å². The minimum atomic E-state index is -4.77. The number of ether oxygens (including phenoxy) is 1. The van der Waals surface area contributed by atoms with Crippen LogP contribution in [-0.2, 0) is 21.0 Å². The zero-order valence-corrected chi connectivity index (χ0v) is 20.4. The number of hydrazone groups is 1. The first-order valence-electron chi connectivity index (χ1n) is 10.4. The highest BCUT2D eigenvalue weighted by Gasteiger charge is 2.34. The fourth-order valence-corrected chi connectivity index (χ4v) is 4.73. The second kappa shape index (κ2) is 11.8. The van der Waals surface area contributed by atoms with Gasteiger partial charge < -0.3 is 4.74 Å². The summed E-state index contributed by atoms with van der Waals surface area (Å²) in [5, 5.41) is 12.0. The molecule has 0 aliphatic heterocycles. The minimum absolute atomic E-state index is 0.123. The number of amides is 1. The third kappa shape index (κ3) is 7.22. The van der Waals surface area contributed by atoms with Crippen molar-refractivity contribution < 1.29 is 31.1 Å². The van der Waals surface area contributed by atoms with Crippen molar-refractivity contribution in [2.75, 3.05) is 17.5 Å². The van der Waals surface area contributed by atoms with Crippen LogP contribution >= 0.6 is 11.6 Å². The van der Waals surface area contributed by atoms with Crippen molar-refractivity contribution in [3.63, 3.8) is 0 Å². The molecule has 0 radical (unpaired) electrons. The SMILES string of the molecule is N#CCOc1ccc(C=NNC(=O)CN(c2cc(C(F)(F)F)ccc2Cl)S(=O)(=O)c2ccccc2)cc1. The van der Waals surface area contributed by atoms with Crippen LogP contribution in [0.4, 0.5) is 18.9 Å². The largest absolute Gasteiger partial charge is 0.479 e. The van der Waals surface area contributed by atoms with Crippen molar-refractivity contribution in [2.45, 2.75) is 11.1 Å². The minimum Gasteiger partial charge on any atom is -0.479 e. The quantitative estimate of drug-likeness (QED) is 0.309. The predicted molar refractivity (Wildman–Crippen MR) is 131 cm³/mol. The maximum atomic E-state index is 13.3. The van der Waals surface area contributed by atoms with Gasteiger partial charge in [-0.15, -0.1) is 0 Å². The second-order valence-corrected chi connectivity index (χ2v) is 9.57. The highest BCUT2D eigenvalue weighted by Crippen LogP contribution is 2.37. The summed E-state index contributed by atoms with van der Waals surface area (Å²) in [6.45, 7) is -1.03. The van der Waals surface area contributed by atoms with Gasteiger partial charge in [-0.2, -0.15) is 23.5 Å². The van der Waals surface area contributed by atoms with Gasteiger partial charge in [-0.3, -0.25) is 9.10 Å². The molecule has 0 saturated carbocycles. The average molecular weight is 551 g/mol. The van der Waals surface area contributed by atoms with E-state index in [4.69, 9.17) is 21.6 Å². The lowest BCUT2D eigenvalue weighted by molar-refractivity contribution is -0.137. The van der Waals surface area contributed by atoms with Crippen LogP contribution in [0.15, 0.2) is 82.8 Å². The summed E-state index contributed by atoms with van der Waals surface area (Å²) in [6, 6.07) is 17.3. The monoisotopic (exact) mass is 550 g/mol. The van der Waals surface area contributed by atoms with E-state index in [9.17, 15) is 26.4 Å². The third-order valence-corrected chi connectivity index (χ3v) is 6.84. The summed E-state index contributed by atoms with van der Waals surface area (Å²) in [5.41, 5.74) is 1.03. The summed E-state index contributed by atoms with van der Waals surface area (Å²) in [4.78, 5) is 12.4. The number of sulfonamides is 1. The summed E-state index contributed by atoms with van der Waals surface area (Å²) in [7, 11) is -4.49. The number of nitrogens with one attached hydrogen (secondary N) is 1. The number of halogens is 4. The number of nitriles is 1. The Kier molecular flexibility index (Phi) is 8.75. The number of alkyl halides is 3. The van der Waals surface area contributed by atoms with Gasteiger partial charge in [0.25, 0.3) is 15.9 Å². The lowest BCUT2D eigenvalue weighted by Crippen LogP contribution is -2.40. The molecule has 3 aromatic rings. The zero-order chi connectivity index (χ0) is 27.1. The molecule has 1 N–H and O–H groups in total. The van der Waals surface area contributed by atoms with Crippen LogP contribution in [0.2, 0.25) is 5.02 Å². The summed E-state index contributed by atoms with van der Waals surface area (Å²) >= 11 is 6.08. The van der Waals surface area contributed by atoms with Gasteiger partial charge in [-0.25, -0.2) is 13.8 Å². The molecule has 0 saturated heterocycles. The molecule has 0 fully saturated rings. The van der Waals surface area contributed by atoms with E-state index in [-0.39, 0.29) is 16.5 Å². The summed E-state index contributed by atoms with van der Waals surface area (Å²) in [5.74, 6) is -0.485. The molecule has 3 rings (SSSR count). The molecule has 192 valence electrons. The van der Waals surface area contributed by atoms with Crippen LogP contribution in [0, 0.1) is 11.3 Å². The average Bonchev–Trinajstić information content (AvgIpc) is 2.87. The Balaban J connectivity index is 1.86. The second-order valence-electron chi connectivity index (χ2n) is 7.30. The molecule has 0 aliphatic carbocycles. The van der Waals surface area contributed by atoms with Crippen LogP contribution < -0.4 is 14.5 Å². The van der Waals surface area contributed by atoms with Gasteiger partial charge in [0.15, 0.2) is 6.61 Å². The van der Waals surface area contributed by atoms with Gasteiger partial charge in [0.1, 0.15) is 18.4 Å². The smallest absolute Gasteiger partial charge is 0.416 e. The fourth-order valence-electron chi connectivity index (χ4n) is 3.01. The van der Waals surface area contributed by atoms with E-state index in [0.717, 1.165) is 6.07 Å². The zero-order valence-electron chi connectivity index (χ0n) is 18.8. The summed E-state index contributed by atoms with van der Waals surface area (Å²) in [6.07, 6.45) is -3.51. The van der Waals surface area contributed by atoms with Crippen molar-refractivity contribution in [3.05, 3.63) is 88.9 Å². The van der Waals surface area contributed by atoms with Crippen molar-refractivity contribution >= 4 is 39.4 Å². The standard InChI is InChI=1S/C24H18ClF3N4O4S/c25-21-11-8-18(24(26,27)28)14-22(21)32(37(34,35)20-4-2-1-3-5-20)16-23(33)31-30-15-17-6-9-19(10-7-17)36-13-12-29/h1-11,14-15H,13,16H2,(H,31,33). The molecule has 0 atom stereocenters. The Hall–Kier alpha value is -4.08. The molecule has 3 aromatic carbocycles. The Labute approximate surface area is 215 Å². The lowest BCUT2D eigenvalue weighted by Gasteiger charge is -2.25. The molecule has 37 heavy (non-hydrogen) atoms. The molecule has 0 heterocycles. The molecular formula is C24H18ClF3N4O4S. The fraction of sp³-hybridized carbons (Fsp3) is 0.125. The van der Waals surface area contributed by atoms with Gasteiger partial charge >= 0.3 is 6.18 Å². The number of hydrogen-bond acceptors (Lipinski definition) is 6. The van der Waals surface area contributed by atoms with E-state index in [2.05, 4.69) is 10.5 Å². The predicted octanol–water partition coefficient (Wildman–Crippen LogP) is 4.61. The van der Waals surface area contributed by atoms with E-state index >= 15 is 0 Å². The van der Waals surface area contributed by atoms with E-state index in [1.54, 1.807) is 30.3 Å². The van der Waals surface area contributed by atoms with Crippen molar-refractivity contribution in [1.29, 1.82) is 5.26 Å². The van der Waals surface area contributed by atoms with Crippen LogP contribution in [-0.4, -0.2) is 33.7 Å². The van der Waals surface area contributed by atoms with Gasteiger partial charge in [0.05, 0.1) is 27.4 Å². The van der Waals surface area contributed by atoms with E-state index < -0.39 is 39.9 Å². The third-order valence-electron chi connectivity index (χ3n) is 4.75.